The molecule has 0 radical (unpaired) electrons. The highest BCUT2D eigenvalue weighted by Crippen LogP contribution is 2.53. The van der Waals surface area contributed by atoms with Crippen molar-refractivity contribution in [3.8, 4) is 0 Å². The van der Waals surface area contributed by atoms with Crippen molar-refractivity contribution >= 4 is 27.1 Å². The molecule has 8 heteroatoms. The van der Waals surface area contributed by atoms with Crippen LogP contribution >= 0.6 is 11.6 Å². The standard InChI is InChI=1S/C16H25ClN4O2S/c1-11(2)20-24(4,22)16(5-6-16)13-9-14(19-15(17)18-13)21-7-8-23-10-12(21)3/h9,11-12H,5-8,10H2,1-4H3/t12-,24?/m1/s1. The largest absolute Gasteiger partial charge is 0.377 e. The highest BCUT2D eigenvalue weighted by atomic mass is 35.5. The molecular formula is C16H25ClN4O2S. The summed E-state index contributed by atoms with van der Waals surface area (Å²) in [6.07, 6.45) is 3.39. The molecule has 3 rings (SSSR count). The maximum atomic E-state index is 13.2. The minimum absolute atomic E-state index is 0.0241. The van der Waals surface area contributed by atoms with Crippen LogP contribution in [0.3, 0.4) is 0 Å². The molecule has 1 aromatic rings. The van der Waals surface area contributed by atoms with E-state index in [0.29, 0.717) is 13.2 Å². The average molecular weight is 373 g/mol. The van der Waals surface area contributed by atoms with Crippen LogP contribution in [-0.4, -0.2) is 52.3 Å². The van der Waals surface area contributed by atoms with Crippen molar-refractivity contribution in [2.45, 2.75) is 50.4 Å². The lowest BCUT2D eigenvalue weighted by atomic mass is 10.2. The third kappa shape index (κ3) is 3.26. The third-order valence-electron chi connectivity index (χ3n) is 4.66. The zero-order valence-corrected chi connectivity index (χ0v) is 16.2. The second-order valence-electron chi connectivity index (χ2n) is 6.99. The molecule has 0 spiro atoms. The van der Waals surface area contributed by atoms with Crippen molar-refractivity contribution in [3.63, 3.8) is 0 Å². The van der Waals surface area contributed by atoms with Gasteiger partial charge in [-0.25, -0.2) is 18.5 Å². The number of hydrogen-bond donors (Lipinski definition) is 0. The maximum Gasteiger partial charge on any atom is 0.224 e. The predicted octanol–water partition coefficient (Wildman–Crippen LogP) is 2.85. The minimum atomic E-state index is -2.40. The summed E-state index contributed by atoms with van der Waals surface area (Å²) in [6.45, 7) is 8.09. The van der Waals surface area contributed by atoms with Crippen molar-refractivity contribution in [1.82, 2.24) is 9.97 Å². The van der Waals surface area contributed by atoms with E-state index in [1.165, 1.54) is 0 Å². The molecule has 1 aliphatic heterocycles. The Hall–Kier alpha value is -0.920. The first-order chi connectivity index (χ1) is 11.2. The Balaban J connectivity index is 2.02. The smallest absolute Gasteiger partial charge is 0.224 e. The van der Waals surface area contributed by atoms with Crippen LogP contribution in [0.25, 0.3) is 0 Å². The molecule has 0 bridgehead atoms. The average Bonchev–Trinajstić information content (AvgIpc) is 3.27. The molecule has 1 aliphatic carbocycles. The summed E-state index contributed by atoms with van der Waals surface area (Å²) >= 11 is 6.20. The zero-order chi connectivity index (χ0) is 17.5. The van der Waals surface area contributed by atoms with Crippen LogP contribution in [0.2, 0.25) is 5.28 Å². The number of anilines is 1. The highest BCUT2D eigenvalue weighted by Gasteiger charge is 2.53. The Bertz CT molecular complexity index is 742. The summed E-state index contributed by atoms with van der Waals surface area (Å²) in [5.41, 5.74) is 0.757. The lowest BCUT2D eigenvalue weighted by Gasteiger charge is -2.34. The Morgan fingerprint density at radius 1 is 1.46 bits per heavy atom. The molecule has 0 N–H and O–H groups in total. The van der Waals surface area contributed by atoms with Gasteiger partial charge in [-0.2, -0.15) is 0 Å². The Kier molecular flexibility index (Phi) is 4.79. The zero-order valence-electron chi connectivity index (χ0n) is 14.7. The van der Waals surface area contributed by atoms with E-state index in [0.717, 1.165) is 30.9 Å². The second kappa shape index (κ2) is 6.42. The van der Waals surface area contributed by atoms with Gasteiger partial charge in [0.05, 0.1) is 45.5 Å². The molecule has 0 amide bonds. The van der Waals surface area contributed by atoms with Gasteiger partial charge < -0.3 is 9.64 Å². The summed E-state index contributed by atoms with van der Waals surface area (Å²) in [5.74, 6) is 0.784. The van der Waals surface area contributed by atoms with E-state index in [1.54, 1.807) is 6.26 Å². The van der Waals surface area contributed by atoms with E-state index >= 15 is 0 Å². The molecule has 1 saturated carbocycles. The number of hydrogen-bond acceptors (Lipinski definition) is 6. The fraction of sp³-hybridized carbons (Fsp3) is 0.750. The molecule has 134 valence electrons. The predicted molar refractivity (Wildman–Crippen MR) is 97.2 cm³/mol. The molecule has 0 aromatic carbocycles. The first kappa shape index (κ1) is 17.9. The van der Waals surface area contributed by atoms with Gasteiger partial charge in [0.25, 0.3) is 0 Å². The van der Waals surface area contributed by atoms with Crippen molar-refractivity contribution in [2.24, 2.45) is 4.36 Å². The van der Waals surface area contributed by atoms with E-state index in [4.69, 9.17) is 16.3 Å². The molecule has 2 aliphatic rings. The third-order valence-corrected chi connectivity index (χ3v) is 7.72. The molecule has 2 fully saturated rings. The summed E-state index contributed by atoms with van der Waals surface area (Å²) in [5, 5.41) is 0.201. The summed E-state index contributed by atoms with van der Waals surface area (Å²) in [4.78, 5) is 11.0. The van der Waals surface area contributed by atoms with E-state index in [1.807, 2.05) is 19.9 Å². The van der Waals surface area contributed by atoms with Crippen LogP contribution < -0.4 is 4.90 Å². The van der Waals surface area contributed by atoms with Gasteiger partial charge >= 0.3 is 0 Å². The molecular weight excluding hydrogens is 348 g/mol. The number of ether oxygens (including phenoxy) is 1. The van der Waals surface area contributed by atoms with Crippen molar-refractivity contribution in [3.05, 3.63) is 17.0 Å². The SMILES string of the molecule is CC(C)N=S(C)(=O)C1(c2cc(N3CCOC[C@H]3C)nc(Cl)n2)CC1. The lowest BCUT2D eigenvalue weighted by Crippen LogP contribution is -2.44. The van der Waals surface area contributed by atoms with Crippen molar-refractivity contribution in [1.29, 1.82) is 0 Å². The number of rotatable bonds is 4. The van der Waals surface area contributed by atoms with E-state index < -0.39 is 14.5 Å². The maximum absolute atomic E-state index is 13.2. The summed E-state index contributed by atoms with van der Waals surface area (Å²) < 4.78 is 22.7. The quantitative estimate of drug-likeness (QED) is 0.760. The lowest BCUT2D eigenvalue weighted by molar-refractivity contribution is 0.0985. The molecule has 1 saturated heterocycles. The topological polar surface area (TPSA) is 67.7 Å². The van der Waals surface area contributed by atoms with Gasteiger partial charge in [0.2, 0.25) is 5.28 Å². The first-order valence-electron chi connectivity index (χ1n) is 8.35. The van der Waals surface area contributed by atoms with E-state index in [2.05, 4.69) is 26.2 Å². The number of aromatic nitrogens is 2. The highest BCUT2D eigenvalue weighted by molar-refractivity contribution is 7.94. The van der Waals surface area contributed by atoms with Crippen LogP contribution in [-0.2, 0) is 19.2 Å². The molecule has 24 heavy (non-hydrogen) atoms. The molecule has 6 nitrogen and oxygen atoms in total. The first-order valence-corrected chi connectivity index (χ1v) is 10.7. The fourth-order valence-corrected chi connectivity index (χ4v) is 5.84. The summed E-state index contributed by atoms with van der Waals surface area (Å²) in [7, 11) is -2.40. The van der Waals surface area contributed by atoms with Crippen LogP contribution in [0, 0.1) is 0 Å². The van der Waals surface area contributed by atoms with Gasteiger partial charge in [-0.15, -0.1) is 0 Å². The molecule has 2 atom stereocenters. The van der Waals surface area contributed by atoms with Gasteiger partial charge in [-0.1, -0.05) is 0 Å². The second-order valence-corrected chi connectivity index (χ2v) is 9.93. The normalized spacial score (nSPS) is 25.4. The number of morpholine rings is 1. The van der Waals surface area contributed by atoms with Gasteiger partial charge in [-0.3, -0.25) is 0 Å². The minimum Gasteiger partial charge on any atom is -0.377 e. The Labute approximate surface area is 149 Å². The molecule has 1 unspecified atom stereocenters. The van der Waals surface area contributed by atoms with Crippen molar-refractivity contribution < 1.29 is 8.95 Å². The van der Waals surface area contributed by atoms with Crippen LogP contribution in [0.5, 0.6) is 0 Å². The Morgan fingerprint density at radius 3 is 2.75 bits per heavy atom. The van der Waals surface area contributed by atoms with E-state index in [-0.39, 0.29) is 17.4 Å². The van der Waals surface area contributed by atoms with Gasteiger partial charge in [0.15, 0.2) is 0 Å². The monoisotopic (exact) mass is 372 g/mol. The van der Waals surface area contributed by atoms with Crippen LogP contribution in [0.1, 0.15) is 39.3 Å². The van der Waals surface area contributed by atoms with Crippen LogP contribution in [0.15, 0.2) is 10.4 Å². The number of halogens is 1. The fourth-order valence-electron chi connectivity index (χ4n) is 3.30. The summed E-state index contributed by atoms with van der Waals surface area (Å²) in [6, 6.07) is 2.19. The Morgan fingerprint density at radius 2 is 2.17 bits per heavy atom. The van der Waals surface area contributed by atoms with Crippen molar-refractivity contribution in [2.75, 3.05) is 30.9 Å². The van der Waals surface area contributed by atoms with Gasteiger partial charge in [0.1, 0.15) is 5.82 Å². The van der Waals surface area contributed by atoms with Gasteiger partial charge in [-0.05, 0) is 45.2 Å². The molecule has 1 aromatic heterocycles. The molecule has 2 heterocycles. The van der Waals surface area contributed by atoms with Crippen LogP contribution in [0.4, 0.5) is 5.82 Å². The van der Waals surface area contributed by atoms with E-state index in [9.17, 15) is 4.21 Å². The number of nitrogens with zero attached hydrogens (tertiary/aromatic N) is 4. The van der Waals surface area contributed by atoms with Gasteiger partial charge in [0, 0.05) is 18.9 Å².